The molecule has 25 heavy (non-hydrogen) atoms. The molecule has 0 saturated carbocycles. The molecule has 2 aromatic rings. The Bertz CT molecular complexity index is 845. The monoisotopic (exact) mass is 379 g/mol. The van der Waals surface area contributed by atoms with Crippen molar-refractivity contribution in [1.82, 2.24) is 0 Å². The van der Waals surface area contributed by atoms with Crippen molar-refractivity contribution < 1.29 is 13.2 Å². The van der Waals surface area contributed by atoms with Gasteiger partial charge in [-0.15, -0.1) is 0 Å². The molecule has 0 heterocycles. The lowest BCUT2D eigenvalue weighted by atomic mass is 10.0. The number of carbonyl (C=O) groups excluding carboxylic acids is 1. The Morgan fingerprint density at radius 1 is 1.08 bits per heavy atom. The molecule has 0 spiro atoms. The van der Waals surface area contributed by atoms with E-state index in [4.69, 9.17) is 11.6 Å². The van der Waals surface area contributed by atoms with Gasteiger partial charge in [0, 0.05) is 17.0 Å². The summed E-state index contributed by atoms with van der Waals surface area (Å²) in [6.07, 6.45) is 3.10. The van der Waals surface area contributed by atoms with Crippen molar-refractivity contribution in [3.05, 3.63) is 58.6 Å². The summed E-state index contributed by atoms with van der Waals surface area (Å²) in [5.41, 5.74) is 1.53. The van der Waals surface area contributed by atoms with Crippen LogP contribution in [0.25, 0.3) is 0 Å². The van der Waals surface area contributed by atoms with Crippen molar-refractivity contribution in [2.75, 3.05) is 4.72 Å². The summed E-state index contributed by atoms with van der Waals surface area (Å²) in [6.45, 7) is 3.95. The number of hydrogen-bond acceptors (Lipinski definition) is 3. The van der Waals surface area contributed by atoms with E-state index in [1.807, 2.05) is 6.92 Å². The van der Waals surface area contributed by atoms with Crippen LogP contribution >= 0.6 is 11.6 Å². The fourth-order valence-corrected chi connectivity index (χ4v) is 3.68. The van der Waals surface area contributed by atoms with Crippen molar-refractivity contribution in [3.63, 3.8) is 0 Å². The predicted molar refractivity (Wildman–Crippen MR) is 102 cm³/mol. The molecule has 0 amide bonds. The van der Waals surface area contributed by atoms with Gasteiger partial charge in [0.25, 0.3) is 10.0 Å². The lowest BCUT2D eigenvalue weighted by Gasteiger charge is -2.13. The first-order chi connectivity index (χ1) is 11.8. The van der Waals surface area contributed by atoms with Gasteiger partial charge in [0.2, 0.25) is 0 Å². The molecule has 2 rings (SSSR count). The minimum atomic E-state index is -3.77. The van der Waals surface area contributed by atoms with Crippen LogP contribution in [0.4, 0.5) is 5.69 Å². The van der Waals surface area contributed by atoms with Crippen LogP contribution in [-0.4, -0.2) is 14.2 Å². The van der Waals surface area contributed by atoms with Gasteiger partial charge in [-0.05, 0) is 43.7 Å². The number of benzene rings is 2. The Morgan fingerprint density at radius 2 is 1.76 bits per heavy atom. The van der Waals surface area contributed by atoms with E-state index >= 15 is 0 Å². The highest BCUT2D eigenvalue weighted by molar-refractivity contribution is 7.92. The summed E-state index contributed by atoms with van der Waals surface area (Å²) in [5.74, 6) is -0.113. The van der Waals surface area contributed by atoms with E-state index in [1.54, 1.807) is 18.2 Å². The Labute approximate surface area is 154 Å². The number of rotatable bonds is 8. The van der Waals surface area contributed by atoms with E-state index in [9.17, 15) is 13.2 Å². The second-order valence-electron chi connectivity index (χ2n) is 5.99. The summed E-state index contributed by atoms with van der Waals surface area (Å²) in [7, 11) is -3.77. The number of aryl methyl sites for hydroxylation is 1. The first-order valence-corrected chi connectivity index (χ1v) is 10.1. The molecular weight excluding hydrogens is 358 g/mol. The van der Waals surface area contributed by atoms with Crippen LogP contribution in [0.5, 0.6) is 0 Å². The molecule has 0 atom stereocenters. The zero-order valence-electron chi connectivity index (χ0n) is 14.4. The molecule has 0 saturated heterocycles. The SMILES string of the molecule is CCCCCC(=O)c1cc(Cl)ccc1NS(=O)(=O)c1ccc(C)cc1. The van der Waals surface area contributed by atoms with Crippen LogP contribution in [0.1, 0.15) is 48.5 Å². The summed E-state index contributed by atoms with van der Waals surface area (Å²) in [5, 5.41) is 0.400. The lowest BCUT2D eigenvalue weighted by molar-refractivity contribution is 0.0980. The molecule has 0 aliphatic rings. The van der Waals surface area contributed by atoms with E-state index < -0.39 is 10.0 Å². The van der Waals surface area contributed by atoms with Crippen molar-refractivity contribution in [3.8, 4) is 0 Å². The minimum absolute atomic E-state index is 0.113. The van der Waals surface area contributed by atoms with Crippen molar-refractivity contribution in [1.29, 1.82) is 0 Å². The average molecular weight is 380 g/mol. The van der Waals surface area contributed by atoms with Gasteiger partial charge in [-0.3, -0.25) is 9.52 Å². The van der Waals surface area contributed by atoms with Gasteiger partial charge in [-0.1, -0.05) is 49.1 Å². The van der Waals surface area contributed by atoms with E-state index in [1.165, 1.54) is 24.3 Å². The second-order valence-corrected chi connectivity index (χ2v) is 8.11. The smallest absolute Gasteiger partial charge is 0.261 e. The molecule has 0 radical (unpaired) electrons. The molecule has 0 bridgehead atoms. The van der Waals surface area contributed by atoms with Crippen LogP contribution in [0.15, 0.2) is 47.4 Å². The summed E-state index contributed by atoms with van der Waals surface area (Å²) in [6, 6.07) is 11.1. The third-order valence-electron chi connectivity index (χ3n) is 3.87. The standard InChI is InChI=1S/C19H22ClNO3S/c1-3-4-5-6-19(22)17-13-15(20)9-12-18(17)21-25(23,24)16-10-7-14(2)8-11-16/h7-13,21H,3-6H2,1-2H3. The number of hydrogen-bond donors (Lipinski definition) is 1. The molecule has 6 heteroatoms. The zero-order valence-corrected chi connectivity index (χ0v) is 16.0. The molecule has 0 fully saturated rings. The summed E-state index contributed by atoms with van der Waals surface area (Å²) < 4.78 is 27.7. The van der Waals surface area contributed by atoms with E-state index in [2.05, 4.69) is 11.6 Å². The maximum Gasteiger partial charge on any atom is 0.261 e. The molecule has 134 valence electrons. The fourth-order valence-electron chi connectivity index (χ4n) is 2.43. The van der Waals surface area contributed by atoms with Crippen LogP contribution < -0.4 is 4.72 Å². The van der Waals surface area contributed by atoms with Gasteiger partial charge in [-0.25, -0.2) is 8.42 Å². The number of halogens is 1. The highest BCUT2D eigenvalue weighted by Crippen LogP contribution is 2.25. The van der Waals surface area contributed by atoms with Gasteiger partial charge in [0.15, 0.2) is 5.78 Å². The molecule has 0 aromatic heterocycles. The number of ketones is 1. The maximum atomic E-state index is 12.6. The Kier molecular flexibility index (Phi) is 6.62. The third-order valence-corrected chi connectivity index (χ3v) is 5.48. The lowest BCUT2D eigenvalue weighted by Crippen LogP contribution is -2.15. The van der Waals surface area contributed by atoms with Crippen molar-refractivity contribution in [2.24, 2.45) is 0 Å². The minimum Gasteiger partial charge on any atom is -0.294 e. The highest BCUT2D eigenvalue weighted by atomic mass is 35.5. The molecular formula is C19H22ClNO3S. The van der Waals surface area contributed by atoms with Crippen molar-refractivity contribution >= 4 is 33.1 Å². The number of unbranched alkanes of at least 4 members (excludes halogenated alkanes) is 2. The highest BCUT2D eigenvalue weighted by Gasteiger charge is 2.19. The maximum absolute atomic E-state index is 12.6. The van der Waals surface area contributed by atoms with Crippen LogP contribution in [0.2, 0.25) is 5.02 Å². The Morgan fingerprint density at radius 3 is 2.40 bits per heavy atom. The van der Waals surface area contributed by atoms with E-state index in [-0.39, 0.29) is 16.4 Å². The van der Waals surface area contributed by atoms with Crippen molar-refractivity contribution in [2.45, 2.75) is 44.4 Å². The van der Waals surface area contributed by atoms with Gasteiger partial charge < -0.3 is 0 Å². The molecule has 4 nitrogen and oxygen atoms in total. The topological polar surface area (TPSA) is 63.2 Å². The summed E-state index contributed by atoms with van der Waals surface area (Å²) in [4.78, 5) is 12.6. The number of nitrogens with one attached hydrogen (secondary N) is 1. The quantitative estimate of drug-likeness (QED) is 0.505. The zero-order chi connectivity index (χ0) is 18.4. The number of anilines is 1. The molecule has 2 aromatic carbocycles. The Hall–Kier alpha value is -1.85. The predicted octanol–water partition coefficient (Wildman–Crippen LogP) is 5.21. The normalized spacial score (nSPS) is 11.3. The van der Waals surface area contributed by atoms with Gasteiger partial charge in [0.05, 0.1) is 10.6 Å². The first kappa shape index (κ1) is 19.5. The molecule has 1 N–H and O–H groups in total. The van der Waals surface area contributed by atoms with E-state index in [0.717, 1.165) is 24.8 Å². The number of Topliss-reactive ketones (excluding diaryl/α,β-unsaturated/α-hetero) is 1. The van der Waals surface area contributed by atoms with Gasteiger partial charge >= 0.3 is 0 Å². The second kappa shape index (κ2) is 8.50. The molecule has 0 unspecified atom stereocenters. The summed E-state index contributed by atoms with van der Waals surface area (Å²) >= 11 is 6.00. The number of carbonyl (C=O) groups is 1. The largest absolute Gasteiger partial charge is 0.294 e. The molecule has 0 aliphatic heterocycles. The molecule has 0 aliphatic carbocycles. The Balaban J connectivity index is 2.29. The van der Waals surface area contributed by atoms with Gasteiger partial charge in [-0.2, -0.15) is 0 Å². The first-order valence-electron chi connectivity index (χ1n) is 8.25. The van der Waals surface area contributed by atoms with Crippen LogP contribution in [0, 0.1) is 6.92 Å². The van der Waals surface area contributed by atoms with Gasteiger partial charge in [0.1, 0.15) is 0 Å². The fraction of sp³-hybridized carbons (Fsp3) is 0.316. The number of sulfonamides is 1. The van der Waals surface area contributed by atoms with E-state index in [0.29, 0.717) is 17.0 Å². The van der Waals surface area contributed by atoms with Crippen LogP contribution in [0.3, 0.4) is 0 Å². The van der Waals surface area contributed by atoms with Crippen LogP contribution in [-0.2, 0) is 10.0 Å². The average Bonchev–Trinajstić information content (AvgIpc) is 2.57. The third kappa shape index (κ3) is 5.31.